The Morgan fingerprint density at radius 2 is 1.88 bits per heavy atom. The first kappa shape index (κ1) is 20.2. The molecule has 0 aliphatic heterocycles. The number of ether oxygens (including phenoxy) is 1. The number of aliphatic imine (C=N–C) groups is 1. The van der Waals surface area contributed by atoms with Gasteiger partial charge in [-0.1, -0.05) is 36.4 Å². The fourth-order valence-electron chi connectivity index (χ4n) is 2.21. The Labute approximate surface area is 161 Å². The minimum Gasteiger partial charge on any atom is -0.481 e. The van der Waals surface area contributed by atoms with Gasteiger partial charge in [-0.15, -0.1) is 24.0 Å². The lowest BCUT2D eigenvalue weighted by Crippen LogP contribution is -2.37. The first-order chi connectivity index (χ1) is 11.3. The third-order valence-electron chi connectivity index (χ3n) is 3.43. The van der Waals surface area contributed by atoms with Crippen molar-refractivity contribution in [3.05, 3.63) is 59.8 Å². The molecular formula is C18H25IN4O. The highest BCUT2D eigenvalue weighted by molar-refractivity contribution is 14.0. The van der Waals surface area contributed by atoms with Gasteiger partial charge in [0.15, 0.2) is 5.96 Å². The van der Waals surface area contributed by atoms with Gasteiger partial charge in [0, 0.05) is 19.7 Å². The van der Waals surface area contributed by atoms with Crippen LogP contribution < -0.4 is 15.4 Å². The summed E-state index contributed by atoms with van der Waals surface area (Å²) < 4.78 is 5.12. The SMILES string of the molecule is CN=C(NCCCc1ccccc1)NCc1cccc(OC)n1.I. The number of hydrogen-bond acceptors (Lipinski definition) is 3. The van der Waals surface area contributed by atoms with Gasteiger partial charge in [-0.05, 0) is 24.5 Å². The summed E-state index contributed by atoms with van der Waals surface area (Å²) in [5.74, 6) is 1.40. The average Bonchev–Trinajstić information content (AvgIpc) is 2.62. The third-order valence-corrected chi connectivity index (χ3v) is 3.43. The van der Waals surface area contributed by atoms with E-state index in [0.717, 1.165) is 31.0 Å². The van der Waals surface area contributed by atoms with Crippen LogP contribution in [0.4, 0.5) is 0 Å². The topological polar surface area (TPSA) is 58.5 Å². The molecule has 0 bridgehead atoms. The largest absolute Gasteiger partial charge is 0.481 e. The van der Waals surface area contributed by atoms with Crippen molar-refractivity contribution in [2.24, 2.45) is 4.99 Å². The van der Waals surface area contributed by atoms with Gasteiger partial charge in [-0.3, -0.25) is 4.99 Å². The van der Waals surface area contributed by atoms with Crippen molar-refractivity contribution in [2.75, 3.05) is 20.7 Å². The standard InChI is InChI=1S/C18H24N4O.HI/c1-19-18(20-13-7-10-15-8-4-3-5-9-15)21-14-16-11-6-12-17(22-16)23-2;/h3-6,8-9,11-12H,7,10,13-14H2,1-2H3,(H2,19,20,21);1H. The molecule has 0 saturated carbocycles. The Morgan fingerprint density at radius 1 is 1.08 bits per heavy atom. The van der Waals surface area contributed by atoms with Crippen LogP contribution in [0.3, 0.4) is 0 Å². The second kappa shape index (κ2) is 11.7. The van der Waals surface area contributed by atoms with E-state index in [-0.39, 0.29) is 24.0 Å². The molecule has 130 valence electrons. The van der Waals surface area contributed by atoms with E-state index in [0.29, 0.717) is 12.4 Å². The fraction of sp³-hybridized carbons (Fsp3) is 0.333. The number of guanidine groups is 1. The number of nitrogens with one attached hydrogen (secondary N) is 2. The molecule has 0 saturated heterocycles. The van der Waals surface area contributed by atoms with E-state index in [9.17, 15) is 0 Å². The summed E-state index contributed by atoms with van der Waals surface area (Å²) in [6, 6.07) is 16.2. The lowest BCUT2D eigenvalue weighted by molar-refractivity contribution is 0.396. The molecule has 2 N–H and O–H groups in total. The average molecular weight is 440 g/mol. The first-order valence-electron chi connectivity index (χ1n) is 7.80. The van der Waals surface area contributed by atoms with Crippen molar-refractivity contribution in [1.82, 2.24) is 15.6 Å². The molecule has 0 unspecified atom stereocenters. The van der Waals surface area contributed by atoms with Gasteiger partial charge in [0.2, 0.25) is 5.88 Å². The Bertz CT molecular complexity index is 619. The van der Waals surface area contributed by atoms with E-state index in [1.807, 2.05) is 24.3 Å². The number of nitrogens with zero attached hydrogens (tertiary/aromatic N) is 2. The van der Waals surface area contributed by atoms with Crippen molar-refractivity contribution >= 4 is 29.9 Å². The molecule has 0 aliphatic rings. The van der Waals surface area contributed by atoms with Crippen LogP contribution in [-0.2, 0) is 13.0 Å². The van der Waals surface area contributed by atoms with Crippen LogP contribution >= 0.6 is 24.0 Å². The molecule has 1 aromatic carbocycles. The molecule has 5 nitrogen and oxygen atoms in total. The third kappa shape index (κ3) is 7.16. The van der Waals surface area contributed by atoms with E-state index >= 15 is 0 Å². The van der Waals surface area contributed by atoms with Crippen molar-refractivity contribution in [2.45, 2.75) is 19.4 Å². The number of pyridine rings is 1. The second-order valence-electron chi connectivity index (χ2n) is 5.11. The Hall–Kier alpha value is -1.83. The van der Waals surface area contributed by atoms with Crippen LogP contribution in [-0.4, -0.2) is 31.6 Å². The quantitative estimate of drug-likeness (QED) is 0.301. The van der Waals surface area contributed by atoms with Crippen molar-refractivity contribution in [1.29, 1.82) is 0 Å². The van der Waals surface area contributed by atoms with Crippen molar-refractivity contribution < 1.29 is 4.74 Å². The molecule has 6 heteroatoms. The smallest absolute Gasteiger partial charge is 0.213 e. The molecule has 0 fully saturated rings. The lowest BCUT2D eigenvalue weighted by atomic mass is 10.1. The van der Waals surface area contributed by atoms with E-state index in [2.05, 4.69) is 44.9 Å². The second-order valence-corrected chi connectivity index (χ2v) is 5.11. The highest BCUT2D eigenvalue weighted by atomic mass is 127. The minimum absolute atomic E-state index is 0. The van der Waals surface area contributed by atoms with Crippen LogP contribution in [0.15, 0.2) is 53.5 Å². The summed E-state index contributed by atoms with van der Waals surface area (Å²) in [5.41, 5.74) is 2.27. The zero-order chi connectivity index (χ0) is 16.3. The normalized spacial score (nSPS) is 10.7. The monoisotopic (exact) mass is 440 g/mol. The van der Waals surface area contributed by atoms with Crippen molar-refractivity contribution in [3.63, 3.8) is 0 Å². The lowest BCUT2D eigenvalue weighted by Gasteiger charge is -2.12. The molecule has 0 atom stereocenters. The van der Waals surface area contributed by atoms with E-state index in [1.54, 1.807) is 14.2 Å². The highest BCUT2D eigenvalue weighted by Gasteiger charge is 2.01. The maximum absolute atomic E-state index is 5.12. The van der Waals surface area contributed by atoms with Crippen LogP contribution in [0, 0.1) is 0 Å². The zero-order valence-corrected chi connectivity index (χ0v) is 16.5. The fourth-order valence-corrected chi connectivity index (χ4v) is 2.21. The molecule has 24 heavy (non-hydrogen) atoms. The minimum atomic E-state index is 0. The predicted octanol–water partition coefficient (Wildman–Crippen LogP) is 3.01. The molecule has 1 aromatic heterocycles. The summed E-state index contributed by atoms with van der Waals surface area (Å²) in [6.45, 7) is 1.48. The van der Waals surface area contributed by atoms with Crippen LogP contribution in [0.25, 0.3) is 0 Å². The number of methoxy groups -OCH3 is 1. The van der Waals surface area contributed by atoms with Crippen LogP contribution in [0.1, 0.15) is 17.7 Å². The summed E-state index contributed by atoms with van der Waals surface area (Å²) in [4.78, 5) is 8.59. The first-order valence-corrected chi connectivity index (χ1v) is 7.80. The van der Waals surface area contributed by atoms with Crippen LogP contribution in [0.5, 0.6) is 5.88 Å². The number of benzene rings is 1. The van der Waals surface area contributed by atoms with Gasteiger partial charge in [-0.2, -0.15) is 0 Å². The zero-order valence-electron chi connectivity index (χ0n) is 14.2. The number of hydrogen-bond donors (Lipinski definition) is 2. The molecule has 0 aliphatic carbocycles. The van der Waals surface area contributed by atoms with Gasteiger partial charge in [0.05, 0.1) is 19.3 Å². The summed E-state index contributed by atoms with van der Waals surface area (Å²) in [5, 5.41) is 6.57. The molecule has 0 radical (unpaired) electrons. The van der Waals surface area contributed by atoms with Gasteiger partial charge < -0.3 is 15.4 Å². The van der Waals surface area contributed by atoms with Gasteiger partial charge >= 0.3 is 0 Å². The summed E-state index contributed by atoms with van der Waals surface area (Å²) in [7, 11) is 3.39. The number of rotatable bonds is 7. The van der Waals surface area contributed by atoms with Gasteiger partial charge in [-0.25, -0.2) is 4.98 Å². The van der Waals surface area contributed by atoms with Gasteiger partial charge in [0.25, 0.3) is 0 Å². The van der Waals surface area contributed by atoms with Crippen molar-refractivity contribution in [3.8, 4) is 5.88 Å². The predicted molar refractivity (Wildman–Crippen MR) is 109 cm³/mol. The molecular weight excluding hydrogens is 415 g/mol. The molecule has 1 heterocycles. The summed E-state index contributed by atoms with van der Waals surface area (Å²) >= 11 is 0. The molecule has 2 aromatic rings. The molecule has 0 amide bonds. The van der Waals surface area contributed by atoms with Gasteiger partial charge in [0.1, 0.15) is 0 Å². The number of aryl methyl sites for hydroxylation is 1. The molecule has 2 rings (SSSR count). The Balaban J connectivity index is 0.00000288. The Kier molecular flexibility index (Phi) is 9.83. The Morgan fingerprint density at radius 3 is 2.58 bits per heavy atom. The summed E-state index contributed by atoms with van der Waals surface area (Å²) in [6.07, 6.45) is 2.12. The van der Waals surface area contributed by atoms with E-state index in [4.69, 9.17) is 4.74 Å². The highest BCUT2D eigenvalue weighted by Crippen LogP contribution is 2.06. The van der Waals surface area contributed by atoms with E-state index in [1.165, 1.54) is 5.56 Å². The molecule has 0 spiro atoms. The number of aromatic nitrogens is 1. The maximum atomic E-state index is 5.12. The van der Waals surface area contributed by atoms with Crippen LogP contribution in [0.2, 0.25) is 0 Å². The number of halogens is 1. The maximum Gasteiger partial charge on any atom is 0.213 e. The van der Waals surface area contributed by atoms with E-state index < -0.39 is 0 Å².